The number of carbonyl (C=O) groups is 2. The van der Waals surface area contributed by atoms with E-state index in [4.69, 9.17) is 4.74 Å². The lowest BCUT2D eigenvalue weighted by Crippen LogP contribution is -2.43. The minimum atomic E-state index is -0.502. The molecule has 0 aliphatic rings. The van der Waals surface area contributed by atoms with Crippen molar-refractivity contribution in [3.05, 3.63) is 0 Å². The fraction of sp³-hybridized carbons (Fsp3) is 0.818. The maximum atomic E-state index is 11.3. The molecule has 0 radical (unpaired) electrons. The molecule has 0 saturated heterocycles. The Hall–Kier alpha value is -1.06. The van der Waals surface area contributed by atoms with Crippen LogP contribution in [0.3, 0.4) is 0 Å². The van der Waals surface area contributed by atoms with Gasteiger partial charge in [0, 0.05) is 0 Å². The van der Waals surface area contributed by atoms with Crippen molar-refractivity contribution in [3.8, 4) is 0 Å². The van der Waals surface area contributed by atoms with Gasteiger partial charge in [-0.05, 0) is 19.3 Å². The Kier molecular flexibility index (Phi) is 6.75. The number of alkyl carbamates (subject to hydrolysis) is 1. The zero-order valence-electron chi connectivity index (χ0n) is 10.0. The summed E-state index contributed by atoms with van der Waals surface area (Å²) in [6, 6.07) is -0.445. The number of unbranched alkanes of at least 4 members (excludes halogenated alkanes) is 1. The van der Waals surface area contributed by atoms with Gasteiger partial charge in [0.05, 0.1) is 12.6 Å². The average Bonchev–Trinajstić information content (AvgIpc) is 2.13. The fourth-order valence-corrected chi connectivity index (χ4v) is 1.22. The van der Waals surface area contributed by atoms with E-state index in [0.29, 0.717) is 6.61 Å². The van der Waals surface area contributed by atoms with E-state index in [-0.39, 0.29) is 11.7 Å². The first-order chi connectivity index (χ1) is 6.99. The largest absolute Gasteiger partial charge is 0.450 e. The number of ether oxygens (including phenoxy) is 1. The zero-order valence-corrected chi connectivity index (χ0v) is 10.0. The minimum Gasteiger partial charge on any atom is -0.450 e. The van der Waals surface area contributed by atoms with Gasteiger partial charge in [0.25, 0.3) is 0 Å². The van der Waals surface area contributed by atoms with Crippen LogP contribution >= 0.6 is 0 Å². The predicted molar refractivity (Wildman–Crippen MR) is 58.7 cm³/mol. The number of rotatable bonds is 6. The van der Waals surface area contributed by atoms with Gasteiger partial charge < -0.3 is 10.1 Å². The summed E-state index contributed by atoms with van der Waals surface area (Å²) in [5.41, 5.74) is 0. The summed E-state index contributed by atoms with van der Waals surface area (Å²) in [6.07, 6.45) is 1.32. The van der Waals surface area contributed by atoms with Crippen molar-refractivity contribution in [3.63, 3.8) is 0 Å². The SMILES string of the molecule is CCCCOC(=O)NC(C(C)=O)C(C)C. The Labute approximate surface area is 91.4 Å². The van der Waals surface area contributed by atoms with Crippen LogP contribution in [0.1, 0.15) is 40.5 Å². The van der Waals surface area contributed by atoms with Gasteiger partial charge in [0.1, 0.15) is 0 Å². The molecule has 0 aromatic heterocycles. The van der Waals surface area contributed by atoms with Crippen LogP contribution in [0.15, 0.2) is 0 Å². The molecule has 0 aliphatic carbocycles. The highest BCUT2D eigenvalue weighted by Crippen LogP contribution is 2.03. The van der Waals surface area contributed by atoms with Gasteiger partial charge >= 0.3 is 6.09 Å². The van der Waals surface area contributed by atoms with Gasteiger partial charge in [-0.15, -0.1) is 0 Å². The summed E-state index contributed by atoms with van der Waals surface area (Å²) in [4.78, 5) is 22.4. The molecule has 0 aromatic carbocycles. The van der Waals surface area contributed by atoms with Crippen LogP contribution in [0.5, 0.6) is 0 Å². The van der Waals surface area contributed by atoms with E-state index >= 15 is 0 Å². The molecule has 1 unspecified atom stereocenters. The third kappa shape index (κ3) is 6.10. The minimum absolute atomic E-state index is 0.0440. The van der Waals surface area contributed by atoms with Gasteiger partial charge in [-0.25, -0.2) is 4.79 Å². The van der Waals surface area contributed by atoms with Crippen molar-refractivity contribution < 1.29 is 14.3 Å². The molecule has 0 aliphatic heterocycles. The van der Waals surface area contributed by atoms with E-state index in [0.717, 1.165) is 12.8 Å². The molecule has 0 fully saturated rings. The molecule has 0 rings (SSSR count). The van der Waals surface area contributed by atoms with E-state index in [1.54, 1.807) is 0 Å². The maximum absolute atomic E-state index is 11.3. The zero-order chi connectivity index (χ0) is 11.8. The number of carbonyl (C=O) groups excluding carboxylic acids is 2. The van der Waals surface area contributed by atoms with E-state index < -0.39 is 12.1 Å². The topological polar surface area (TPSA) is 55.4 Å². The molecule has 4 nitrogen and oxygen atoms in total. The second kappa shape index (κ2) is 7.26. The molecule has 1 atom stereocenters. The molecular formula is C11H21NO3. The summed E-state index contributed by atoms with van der Waals surface area (Å²) in [7, 11) is 0. The smallest absolute Gasteiger partial charge is 0.407 e. The van der Waals surface area contributed by atoms with E-state index in [1.807, 2.05) is 20.8 Å². The quantitative estimate of drug-likeness (QED) is 0.690. The van der Waals surface area contributed by atoms with Crippen molar-refractivity contribution in [1.82, 2.24) is 5.32 Å². The van der Waals surface area contributed by atoms with Crippen LogP contribution in [0, 0.1) is 5.92 Å². The van der Waals surface area contributed by atoms with Gasteiger partial charge in [-0.3, -0.25) is 4.79 Å². The Morgan fingerprint density at radius 2 is 1.93 bits per heavy atom. The first kappa shape index (κ1) is 13.9. The number of amides is 1. The molecule has 0 bridgehead atoms. The standard InChI is InChI=1S/C11H21NO3/c1-5-6-7-15-11(14)12-10(8(2)3)9(4)13/h8,10H,5-7H2,1-4H3,(H,12,14). The lowest BCUT2D eigenvalue weighted by atomic mass is 10.0. The lowest BCUT2D eigenvalue weighted by Gasteiger charge is -2.18. The molecule has 1 N–H and O–H groups in total. The number of hydrogen-bond acceptors (Lipinski definition) is 3. The van der Waals surface area contributed by atoms with Crippen molar-refractivity contribution in [2.45, 2.75) is 46.6 Å². The Morgan fingerprint density at radius 3 is 2.33 bits per heavy atom. The van der Waals surface area contributed by atoms with Crippen LogP contribution in [-0.2, 0) is 9.53 Å². The Bertz CT molecular complexity index is 214. The first-order valence-electron chi connectivity index (χ1n) is 5.42. The highest BCUT2D eigenvalue weighted by atomic mass is 16.5. The highest BCUT2D eigenvalue weighted by molar-refractivity contribution is 5.85. The number of hydrogen-bond donors (Lipinski definition) is 1. The molecule has 0 heterocycles. The highest BCUT2D eigenvalue weighted by Gasteiger charge is 2.20. The molecule has 4 heteroatoms. The van der Waals surface area contributed by atoms with Crippen LogP contribution in [0.2, 0.25) is 0 Å². The first-order valence-corrected chi connectivity index (χ1v) is 5.42. The summed E-state index contributed by atoms with van der Waals surface area (Å²) in [5, 5.41) is 2.56. The normalized spacial score (nSPS) is 12.3. The molecule has 0 spiro atoms. The lowest BCUT2D eigenvalue weighted by molar-refractivity contribution is -0.119. The monoisotopic (exact) mass is 215 g/mol. The van der Waals surface area contributed by atoms with Crippen LogP contribution in [0.4, 0.5) is 4.79 Å². The third-order valence-electron chi connectivity index (χ3n) is 2.11. The summed E-state index contributed by atoms with van der Waals surface area (Å²) < 4.78 is 4.91. The Morgan fingerprint density at radius 1 is 1.33 bits per heavy atom. The fourth-order valence-electron chi connectivity index (χ4n) is 1.22. The molecule has 0 saturated carbocycles. The van der Waals surface area contributed by atoms with Crippen LogP contribution < -0.4 is 5.32 Å². The number of ketones is 1. The van der Waals surface area contributed by atoms with Gasteiger partial charge in [0.15, 0.2) is 5.78 Å². The number of nitrogens with one attached hydrogen (secondary N) is 1. The Balaban J connectivity index is 3.95. The van der Waals surface area contributed by atoms with E-state index in [1.165, 1.54) is 6.92 Å². The maximum Gasteiger partial charge on any atom is 0.407 e. The molecular weight excluding hydrogens is 194 g/mol. The van der Waals surface area contributed by atoms with Gasteiger partial charge in [-0.1, -0.05) is 27.2 Å². The van der Waals surface area contributed by atoms with Crippen LogP contribution in [-0.4, -0.2) is 24.5 Å². The van der Waals surface area contributed by atoms with Crippen LogP contribution in [0.25, 0.3) is 0 Å². The summed E-state index contributed by atoms with van der Waals surface area (Å²) in [6.45, 7) is 7.67. The average molecular weight is 215 g/mol. The van der Waals surface area contributed by atoms with Crippen molar-refractivity contribution in [2.24, 2.45) is 5.92 Å². The van der Waals surface area contributed by atoms with Gasteiger partial charge in [-0.2, -0.15) is 0 Å². The molecule has 15 heavy (non-hydrogen) atoms. The van der Waals surface area contributed by atoms with Crippen molar-refractivity contribution in [2.75, 3.05) is 6.61 Å². The second-order valence-corrected chi connectivity index (χ2v) is 3.97. The molecule has 0 aromatic rings. The summed E-state index contributed by atoms with van der Waals surface area (Å²) >= 11 is 0. The molecule has 88 valence electrons. The van der Waals surface area contributed by atoms with E-state index in [2.05, 4.69) is 5.32 Å². The van der Waals surface area contributed by atoms with Crippen molar-refractivity contribution in [1.29, 1.82) is 0 Å². The third-order valence-corrected chi connectivity index (χ3v) is 2.11. The predicted octanol–water partition coefficient (Wildman–Crippen LogP) is 2.13. The van der Waals surface area contributed by atoms with E-state index in [9.17, 15) is 9.59 Å². The second-order valence-electron chi connectivity index (χ2n) is 3.97. The van der Waals surface area contributed by atoms with Crippen molar-refractivity contribution >= 4 is 11.9 Å². The van der Waals surface area contributed by atoms with Gasteiger partial charge in [0.2, 0.25) is 0 Å². The number of Topliss-reactive ketones (excluding diaryl/α,β-unsaturated/α-hetero) is 1. The summed E-state index contributed by atoms with van der Waals surface area (Å²) in [5.74, 6) is 0.0404. The molecule has 1 amide bonds.